The van der Waals surface area contributed by atoms with Crippen LogP contribution in [-0.2, 0) is 0 Å². The van der Waals surface area contributed by atoms with Crippen LogP contribution in [0.1, 0.15) is 27.8 Å². The van der Waals surface area contributed by atoms with Gasteiger partial charge < -0.3 is 0 Å². The Balaban J connectivity index is 1.72. The van der Waals surface area contributed by atoms with Crippen LogP contribution in [0.5, 0.6) is 0 Å². The largest absolute Gasteiger partial charge is 0.235 e. The number of aryl methyl sites for hydroxylation is 3. The monoisotopic (exact) mass is 440 g/mol. The molecule has 0 saturated heterocycles. The number of aromatic nitrogens is 2. The number of nitrogens with zero attached hydrogens (tertiary/aromatic N) is 2. The predicted molar refractivity (Wildman–Crippen MR) is 135 cm³/mol. The number of benzene rings is 2. The van der Waals surface area contributed by atoms with Gasteiger partial charge in [0.1, 0.15) is 6.33 Å². The summed E-state index contributed by atoms with van der Waals surface area (Å²) in [5.74, 6) is 0. The predicted octanol–water partition coefficient (Wildman–Crippen LogP) is 8.30. The van der Waals surface area contributed by atoms with E-state index in [0.29, 0.717) is 0 Å². The summed E-state index contributed by atoms with van der Waals surface area (Å²) in [5, 5.41) is 0. The van der Waals surface area contributed by atoms with Crippen molar-refractivity contribution in [3.63, 3.8) is 0 Å². The molecule has 0 aliphatic carbocycles. The zero-order chi connectivity index (χ0) is 21.7. The molecular formula is C27H24N2S2. The lowest BCUT2D eigenvalue weighted by Gasteiger charge is -2.05. The van der Waals surface area contributed by atoms with Crippen LogP contribution in [0, 0.1) is 34.6 Å². The third kappa shape index (κ3) is 3.40. The molecule has 0 fully saturated rings. The molecule has 0 radical (unpaired) electrons. The van der Waals surface area contributed by atoms with Gasteiger partial charge in [0.2, 0.25) is 0 Å². The summed E-state index contributed by atoms with van der Waals surface area (Å²) in [6.45, 7) is 11.0. The van der Waals surface area contributed by atoms with E-state index in [0.717, 1.165) is 11.2 Å². The van der Waals surface area contributed by atoms with Crippen LogP contribution in [0.25, 0.3) is 41.7 Å². The Bertz CT molecular complexity index is 1400. The molecule has 0 N–H and O–H groups in total. The average molecular weight is 441 g/mol. The Morgan fingerprint density at radius 3 is 1.97 bits per heavy atom. The van der Waals surface area contributed by atoms with Gasteiger partial charge in [-0.3, -0.25) is 0 Å². The second kappa shape index (κ2) is 7.70. The van der Waals surface area contributed by atoms with Gasteiger partial charge in [-0.05, 0) is 69.0 Å². The molecule has 0 amide bonds. The fraction of sp³-hybridized carbons (Fsp3) is 0.185. The molecule has 0 saturated carbocycles. The molecule has 5 aromatic rings. The molecule has 0 aliphatic rings. The van der Waals surface area contributed by atoms with Crippen LogP contribution >= 0.6 is 22.7 Å². The minimum absolute atomic E-state index is 1.03. The first-order chi connectivity index (χ1) is 14.9. The van der Waals surface area contributed by atoms with Crippen molar-refractivity contribution in [3.05, 3.63) is 82.7 Å². The van der Waals surface area contributed by atoms with Crippen molar-refractivity contribution in [3.8, 4) is 31.5 Å². The third-order valence-electron chi connectivity index (χ3n) is 5.89. The molecule has 154 valence electrons. The Morgan fingerprint density at radius 1 is 0.613 bits per heavy atom. The van der Waals surface area contributed by atoms with Gasteiger partial charge in [0.15, 0.2) is 0 Å². The highest BCUT2D eigenvalue weighted by atomic mass is 32.1. The lowest BCUT2D eigenvalue weighted by Crippen LogP contribution is -1.88. The van der Waals surface area contributed by atoms with Gasteiger partial charge in [0, 0.05) is 15.3 Å². The molecular weight excluding hydrogens is 416 g/mol. The molecule has 4 heteroatoms. The Hall–Kier alpha value is -2.82. The average Bonchev–Trinajstić information content (AvgIpc) is 3.24. The Kier molecular flexibility index (Phi) is 4.99. The van der Waals surface area contributed by atoms with Crippen LogP contribution in [-0.4, -0.2) is 9.97 Å². The van der Waals surface area contributed by atoms with Gasteiger partial charge in [-0.1, -0.05) is 47.5 Å². The van der Waals surface area contributed by atoms with Gasteiger partial charge in [0.25, 0.3) is 0 Å². The van der Waals surface area contributed by atoms with E-state index in [4.69, 9.17) is 4.98 Å². The van der Waals surface area contributed by atoms with E-state index < -0.39 is 0 Å². The number of hydrogen-bond acceptors (Lipinski definition) is 4. The minimum Gasteiger partial charge on any atom is -0.235 e. The van der Waals surface area contributed by atoms with Crippen molar-refractivity contribution in [1.82, 2.24) is 9.97 Å². The maximum atomic E-state index is 4.70. The molecule has 0 bridgehead atoms. The molecule has 3 heterocycles. The standard InChI is InChI=1S/C27H24N2S2/c1-15-11-16(2)13-21(12-15)23-27-22(28-14-29-23)19(5)26(31-27)25-18(4)17(3)24(30-25)20-9-7-6-8-10-20/h6-14H,1-5H3. The van der Waals surface area contributed by atoms with Gasteiger partial charge in [-0.2, -0.15) is 0 Å². The van der Waals surface area contributed by atoms with E-state index in [9.17, 15) is 0 Å². The summed E-state index contributed by atoms with van der Waals surface area (Å²) >= 11 is 3.72. The van der Waals surface area contributed by atoms with E-state index in [1.165, 1.54) is 58.3 Å². The summed E-state index contributed by atoms with van der Waals surface area (Å²) < 4.78 is 1.17. The van der Waals surface area contributed by atoms with E-state index in [-0.39, 0.29) is 0 Å². The van der Waals surface area contributed by atoms with Crippen LogP contribution in [0.2, 0.25) is 0 Å². The molecule has 31 heavy (non-hydrogen) atoms. The van der Waals surface area contributed by atoms with Crippen molar-refractivity contribution in [2.45, 2.75) is 34.6 Å². The number of thiophene rings is 2. The molecule has 0 unspecified atom stereocenters. The van der Waals surface area contributed by atoms with E-state index >= 15 is 0 Å². The Labute approximate surface area is 191 Å². The summed E-state index contributed by atoms with van der Waals surface area (Å²) in [6, 6.07) is 17.3. The van der Waals surface area contributed by atoms with E-state index in [1.807, 2.05) is 22.7 Å². The summed E-state index contributed by atoms with van der Waals surface area (Å²) in [4.78, 5) is 13.4. The summed E-state index contributed by atoms with van der Waals surface area (Å²) in [5.41, 5.74) is 11.0. The third-order valence-corrected chi connectivity index (χ3v) is 8.78. The second-order valence-electron chi connectivity index (χ2n) is 8.21. The highest BCUT2D eigenvalue weighted by Crippen LogP contribution is 2.48. The van der Waals surface area contributed by atoms with Crippen LogP contribution in [0.4, 0.5) is 0 Å². The highest BCUT2D eigenvalue weighted by molar-refractivity contribution is 7.27. The van der Waals surface area contributed by atoms with Crippen molar-refractivity contribution >= 4 is 32.9 Å². The topological polar surface area (TPSA) is 25.8 Å². The fourth-order valence-corrected chi connectivity index (χ4v) is 7.07. The SMILES string of the molecule is Cc1cc(C)cc(-c2ncnc3c(C)c(-c4sc(-c5ccccc5)c(C)c4C)sc23)c1. The van der Waals surface area contributed by atoms with Gasteiger partial charge in [-0.15, -0.1) is 22.7 Å². The van der Waals surface area contributed by atoms with Crippen LogP contribution in [0.3, 0.4) is 0 Å². The highest BCUT2D eigenvalue weighted by Gasteiger charge is 2.21. The number of hydrogen-bond donors (Lipinski definition) is 0. The summed E-state index contributed by atoms with van der Waals surface area (Å²) in [7, 11) is 0. The zero-order valence-electron chi connectivity index (χ0n) is 18.4. The van der Waals surface area contributed by atoms with Crippen LogP contribution < -0.4 is 0 Å². The molecule has 0 spiro atoms. The molecule has 3 aromatic heterocycles. The van der Waals surface area contributed by atoms with Crippen molar-refractivity contribution in [1.29, 1.82) is 0 Å². The Morgan fingerprint density at radius 2 is 1.26 bits per heavy atom. The normalized spacial score (nSPS) is 11.4. The fourth-order valence-electron chi connectivity index (χ4n) is 4.23. The first-order valence-corrected chi connectivity index (χ1v) is 12.1. The molecule has 0 aliphatic heterocycles. The van der Waals surface area contributed by atoms with Gasteiger partial charge in [0.05, 0.1) is 20.8 Å². The van der Waals surface area contributed by atoms with Gasteiger partial charge in [-0.25, -0.2) is 9.97 Å². The van der Waals surface area contributed by atoms with Crippen molar-refractivity contribution < 1.29 is 0 Å². The molecule has 2 aromatic carbocycles. The van der Waals surface area contributed by atoms with Gasteiger partial charge >= 0.3 is 0 Å². The summed E-state index contributed by atoms with van der Waals surface area (Å²) in [6.07, 6.45) is 1.71. The molecule has 0 atom stereocenters. The molecule has 5 rings (SSSR count). The molecule has 2 nitrogen and oxygen atoms in total. The number of fused-ring (bicyclic) bond motifs is 1. The second-order valence-corrected chi connectivity index (χ2v) is 10.3. The van der Waals surface area contributed by atoms with Crippen LogP contribution in [0.15, 0.2) is 54.9 Å². The lowest BCUT2D eigenvalue weighted by molar-refractivity contribution is 1.22. The van der Waals surface area contributed by atoms with Crippen molar-refractivity contribution in [2.75, 3.05) is 0 Å². The smallest absolute Gasteiger partial charge is 0.116 e. The maximum Gasteiger partial charge on any atom is 0.116 e. The minimum atomic E-state index is 1.03. The maximum absolute atomic E-state index is 4.70. The number of rotatable bonds is 3. The zero-order valence-corrected chi connectivity index (χ0v) is 20.0. The lowest BCUT2D eigenvalue weighted by atomic mass is 10.0. The van der Waals surface area contributed by atoms with E-state index in [1.54, 1.807) is 6.33 Å². The first-order valence-electron chi connectivity index (χ1n) is 10.4. The van der Waals surface area contributed by atoms with Crippen molar-refractivity contribution in [2.24, 2.45) is 0 Å². The van der Waals surface area contributed by atoms with E-state index in [2.05, 4.69) is 88.1 Å². The first kappa shape index (κ1) is 20.1. The quantitative estimate of drug-likeness (QED) is 0.282.